The first-order valence-electron chi connectivity index (χ1n) is 19.9. The average Bonchev–Trinajstić information content (AvgIpc) is 4.03. The highest BCUT2D eigenvalue weighted by atomic mass is 16.3. The maximum Gasteiger partial charge on any atom is 0.160 e. The summed E-state index contributed by atoms with van der Waals surface area (Å²) in [5.41, 5.74) is 14.4. The van der Waals surface area contributed by atoms with E-state index in [1.807, 2.05) is 0 Å². The number of nitrogens with zero attached hydrogens (tertiary/aromatic N) is 3. The van der Waals surface area contributed by atoms with Crippen molar-refractivity contribution >= 4 is 87.4 Å². The minimum Gasteiger partial charge on any atom is -0.452 e. The first-order valence-corrected chi connectivity index (χ1v) is 19.9. The Morgan fingerprint density at radius 1 is 0.259 bits per heavy atom. The summed E-state index contributed by atoms with van der Waals surface area (Å²) in [5.74, 6) is 0. The minimum atomic E-state index is 0.894. The molecule has 4 nitrogen and oxygen atoms in total. The smallest absolute Gasteiger partial charge is 0.160 e. The Morgan fingerprint density at radius 3 is 1.21 bits per heavy atom. The van der Waals surface area contributed by atoms with Crippen molar-refractivity contribution in [2.45, 2.75) is 0 Å². The molecule has 4 aromatic heterocycles. The van der Waals surface area contributed by atoms with Crippen LogP contribution in [0.4, 0.5) is 0 Å². The zero-order valence-electron chi connectivity index (χ0n) is 31.3. The molecule has 0 saturated carbocycles. The molecule has 4 heteroatoms. The molecule has 0 N–H and O–H groups in total. The van der Waals surface area contributed by atoms with Gasteiger partial charge >= 0.3 is 0 Å². The van der Waals surface area contributed by atoms with Crippen LogP contribution in [0.15, 0.2) is 205 Å². The van der Waals surface area contributed by atoms with E-state index < -0.39 is 0 Å². The minimum absolute atomic E-state index is 0.894. The molecule has 9 aromatic carbocycles. The van der Waals surface area contributed by atoms with Gasteiger partial charge in [-0.1, -0.05) is 121 Å². The zero-order valence-corrected chi connectivity index (χ0v) is 31.3. The Bertz CT molecular complexity index is 3770. The molecule has 0 radical (unpaired) electrons. The van der Waals surface area contributed by atoms with Gasteiger partial charge in [-0.15, -0.1) is 0 Å². The summed E-state index contributed by atoms with van der Waals surface area (Å²) in [5, 5.41) is 9.49. The SMILES string of the molecule is c1ccc(-n2c3ccccc3c3cc(-c4ccc(-n5c6ccccc6c6ccc7c8ccc9c%10ccccc%10n(-c%10ccccc%10)c9c8oc7c65)cc4)ccc32)cc1. The van der Waals surface area contributed by atoms with E-state index in [1.165, 1.54) is 60.2 Å². The number of fused-ring (bicyclic) bond motifs is 14. The number of rotatable bonds is 4. The second kappa shape index (κ2) is 11.8. The molecular formula is C54H33N3O. The standard InChI is InChI=1S/C54H33N3O/c1-3-13-36(14-4-1)55-47-20-10-9-19-41(47)46-33-35(25-32-50(46)55)34-23-26-38(27-24-34)57-49-22-12-8-18-40(49)43-29-31-45-44-30-28-42-39-17-7-11-21-48(39)56(37-15-5-2-6-16-37)51(42)53(44)58-54(45)52(43)57/h1-33H. The van der Waals surface area contributed by atoms with E-state index >= 15 is 0 Å². The van der Waals surface area contributed by atoms with Crippen LogP contribution in [0, 0.1) is 0 Å². The van der Waals surface area contributed by atoms with Crippen molar-refractivity contribution in [2.75, 3.05) is 0 Å². The second-order valence-electron chi connectivity index (χ2n) is 15.3. The highest BCUT2D eigenvalue weighted by Gasteiger charge is 2.23. The largest absolute Gasteiger partial charge is 0.452 e. The summed E-state index contributed by atoms with van der Waals surface area (Å²) in [4.78, 5) is 0. The van der Waals surface area contributed by atoms with Crippen LogP contribution in [-0.4, -0.2) is 13.7 Å². The summed E-state index contributed by atoms with van der Waals surface area (Å²) in [7, 11) is 0. The van der Waals surface area contributed by atoms with Crippen LogP contribution in [0.2, 0.25) is 0 Å². The van der Waals surface area contributed by atoms with Gasteiger partial charge in [0.15, 0.2) is 11.2 Å². The van der Waals surface area contributed by atoms with E-state index in [4.69, 9.17) is 4.42 Å². The highest BCUT2D eigenvalue weighted by molar-refractivity contribution is 6.26. The van der Waals surface area contributed by atoms with Crippen molar-refractivity contribution in [1.29, 1.82) is 0 Å². The van der Waals surface area contributed by atoms with Crippen molar-refractivity contribution in [1.82, 2.24) is 13.7 Å². The normalized spacial score (nSPS) is 12.1. The molecule has 0 bridgehead atoms. The molecular weight excluding hydrogens is 707 g/mol. The second-order valence-corrected chi connectivity index (χ2v) is 15.3. The Morgan fingerprint density at radius 2 is 0.655 bits per heavy atom. The number of para-hydroxylation sites is 5. The third-order valence-electron chi connectivity index (χ3n) is 12.2. The van der Waals surface area contributed by atoms with Gasteiger partial charge in [0.25, 0.3) is 0 Å². The van der Waals surface area contributed by atoms with E-state index in [2.05, 4.69) is 214 Å². The van der Waals surface area contributed by atoms with Gasteiger partial charge in [0, 0.05) is 60.2 Å². The number of benzene rings is 9. The lowest BCUT2D eigenvalue weighted by atomic mass is 10.0. The van der Waals surface area contributed by atoms with E-state index in [0.717, 1.165) is 55.4 Å². The number of furan rings is 1. The fourth-order valence-corrected chi connectivity index (χ4v) is 9.71. The quantitative estimate of drug-likeness (QED) is 0.177. The van der Waals surface area contributed by atoms with Crippen molar-refractivity contribution in [2.24, 2.45) is 0 Å². The van der Waals surface area contributed by atoms with Crippen molar-refractivity contribution in [3.05, 3.63) is 200 Å². The first kappa shape index (κ1) is 31.4. The van der Waals surface area contributed by atoms with Crippen LogP contribution in [-0.2, 0) is 0 Å². The van der Waals surface area contributed by atoms with E-state index in [9.17, 15) is 0 Å². The first-order chi connectivity index (χ1) is 28.8. The fraction of sp³-hybridized carbons (Fsp3) is 0. The Kier molecular flexibility index (Phi) is 6.41. The third kappa shape index (κ3) is 4.29. The summed E-state index contributed by atoms with van der Waals surface area (Å²) >= 11 is 0. The molecule has 0 spiro atoms. The van der Waals surface area contributed by atoms with E-state index in [-0.39, 0.29) is 0 Å². The zero-order chi connectivity index (χ0) is 37.9. The summed E-state index contributed by atoms with van der Waals surface area (Å²) < 4.78 is 14.3. The maximum atomic E-state index is 7.22. The van der Waals surface area contributed by atoms with Gasteiger partial charge in [-0.25, -0.2) is 0 Å². The summed E-state index contributed by atoms with van der Waals surface area (Å²) in [6, 6.07) is 72.3. The topological polar surface area (TPSA) is 27.9 Å². The predicted molar refractivity (Wildman–Crippen MR) is 242 cm³/mol. The fourth-order valence-electron chi connectivity index (χ4n) is 9.71. The molecule has 270 valence electrons. The maximum absolute atomic E-state index is 7.22. The van der Waals surface area contributed by atoms with Gasteiger partial charge in [0.05, 0.1) is 33.1 Å². The van der Waals surface area contributed by atoms with Crippen LogP contribution >= 0.6 is 0 Å². The number of hydrogen-bond acceptors (Lipinski definition) is 1. The van der Waals surface area contributed by atoms with Gasteiger partial charge in [-0.05, 0) is 90.0 Å². The lowest BCUT2D eigenvalue weighted by Crippen LogP contribution is -1.94. The molecule has 13 aromatic rings. The van der Waals surface area contributed by atoms with Crippen molar-refractivity contribution in [3.8, 4) is 28.2 Å². The molecule has 0 aliphatic carbocycles. The Hall–Kier alpha value is -7.82. The monoisotopic (exact) mass is 739 g/mol. The third-order valence-corrected chi connectivity index (χ3v) is 12.2. The van der Waals surface area contributed by atoms with Crippen LogP contribution in [0.1, 0.15) is 0 Å². The molecule has 0 aliphatic heterocycles. The lowest BCUT2D eigenvalue weighted by molar-refractivity contribution is 0.673. The molecule has 0 amide bonds. The van der Waals surface area contributed by atoms with Crippen molar-refractivity contribution in [3.63, 3.8) is 0 Å². The van der Waals surface area contributed by atoms with Gasteiger partial charge in [-0.2, -0.15) is 0 Å². The molecule has 58 heavy (non-hydrogen) atoms. The van der Waals surface area contributed by atoms with Crippen LogP contribution in [0.3, 0.4) is 0 Å². The Labute approximate surface area is 332 Å². The van der Waals surface area contributed by atoms with Crippen molar-refractivity contribution < 1.29 is 4.42 Å². The van der Waals surface area contributed by atoms with Gasteiger partial charge in [0.1, 0.15) is 0 Å². The molecule has 13 rings (SSSR count). The van der Waals surface area contributed by atoms with Crippen LogP contribution < -0.4 is 0 Å². The molecule has 0 unspecified atom stereocenters. The number of hydrogen-bond donors (Lipinski definition) is 0. The molecule has 0 atom stereocenters. The van der Waals surface area contributed by atoms with Gasteiger partial charge < -0.3 is 18.1 Å². The summed E-state index contributed by atoms with van der Waals surface area (Å²) in [6.45, 7) is 0. The average molecular weight is 740 g/mol. The van der Waals surface area contributed by atoms with Crippen LogP contribution in [0.25, 0.3) is 116 Å². The highest BCUT2D eigenvalue weighted by Crippen LogP contribution is 2.44. The molecule has 0 aliphatic rings. The Balaban J connectivity index is 1.02. The summed E-state index contributed by atoms with van der Waals surface area (Å²) in [6.07, 6.45) is 0. The van der Waals surface area contributed by atoms with Crippen LogP contribution in [0.5, 0.6) is 0 Å². The van der Waals surface area contributed by atoms with Gasteiger partial charge in [0.2, 0.25) is 0 Å². The lowest BCUT2D eigenvalue weighted by Gasteiger charge is -2.10. The molecule has 0 fully saturated rings. The van der Waals surface area contributed by atoms with E-state index in [0.29, 0.717) is 0 Å². The molecule has 0 saturated heterocycles. The van der Waals surface area contributed by atoms with E-state index in [1.54, 1.807) is 0 Å². The number of aromatic nitrogens is 3. The van der Waals surface area contributed by atoms with Gasteiger partial charge in [-0.3, -0.25) is 0 Å². The predicted octanol–water partition coefficient (Wildman–Crippen LogP) is 14.5. The molecule has 4 heterocycles.